The molecule has 0 bridgehead atoms. The number of nitrogens with one attached hydrogen (secondary N) is 1. The molecule has 0 amide bonds. The summed E-state index contributed by atoms with van der Waals surface area (Å²) in [5.41, 5.74) is 0.710. The van der Waals surface area contributed by atoms with Crippen LogP contribution in [0, 0.1) is 0 Å². The van der Waals surface area contributed by atoms with Gasteiger partial charge in [0.05, 0.1) is 17.0 Å². The topological polar surface area (TPSA) is 88.4 Å². The quantitative estimate of drug-likeness (QED) is 0.839. The largest absolute Gasteiger partial charge is 0.478 e. The normalized spacial score (nSPS) is 11.5. The van der Waals surface area contributed by atoms with Gasteiger partial charge in [0, 0.05) is 23.4 Å². The summed E-state index contributed by atoms with van der Waals surface area (Å²) in [4.78, 5) is 10.8. The Morgan fingerprint density at radius 2 is 2.10 bits per heavy atom. The second kappa shape index (κ2) is 6.00. The van der Waals surface area contributed by atoms with Gasteiger partial charge in [0.1, 0.15) is 0 Å². The fourth-order valence-corrected chi connectivity index (χ4v) is 3.76. The molecule has 0 unspecified atom stereocenters. The van der Waals surface area contributed by atoms with E-state index in [4.69, 9.17) is 5.11 Å². The van der Waals surface area contributed by atoms with Crippen molar-refractivity contribution in [3.63, 3.8) is 0 Å². The van der Waals surface area contributed by atoms with Crippen LogP contribution in [0.3, 0.4) is 0 Å². The van der Waals surface area contributed by atoms with Gasteiger partial charge in [0.2, 0.25) is 10.0 Å². The van der Waals surface area contributed by atoms with Crippen LogP contribution in [0.4, 0.5) is 0 Å². The minimum atomic E-state index is -3.81. The SMILES string of the molecule is Cn1cccc1CNS(=O)(=O)c1cc(C(=O)O)ccc1Br. The first kappa shape index (κ1) is 15.7. The molecule has 112 valence electrons. The first-order valence-corrected chi connectivity index (χ1v) is 8.21. The van der Waals surface area contributed by atoms with Gasteiger partial charge in [-0.25, -0.2) is 17.9 Å². The van der Waals surface area contributed by atoms with E-state index in [1.165, 1.54) is 12.1 Å². The maximum absolute atomic E-state index is 12.3. The highest BCUT2D eigenvalue weighted by molar-refractivity contribution is 9.10. The number of hydrogen-bond donors (Lipinski definition) is 2. The molecular weight excluding hydrogens is 360 g/mol. The number of aryl methyl sites for hydroxylation is 1. The first-order valence-electron chi connectivity index (χ1n) is 5.94. The lowest BCUT2D eigenvalue weighted by atomic mass is 10.2. The fourth-order valence-electron chi connectivity index (χ4n) is 1.77. The van der Waals surface area contributed by atoms with Crippen molar-refractivity contribution in [2.24, 2.45) is 7.05 Å². The first-order chi connectivity index (χ1) is 9.81. The minimum absolute atomic E-state index is 0.0857. The van der Waals surface area contributed by atoms with E-state index in [0.29, 0.717) is 4.47 Å². The summed E-state index contributed by atoms with van der Waals surface area (Å²) in [5, 5.41) is 8.95. The molecule has 1 heterocycles. The molecule has 0 fully saturated rings. The van der Waals surface area contributed by atoms with Gasteiger partial charge in [-0.1, -0.05) is 0 Å². The van der Waals surface area contributed by atoms with Gasteiger partial charge in [-0.05, 0) is 46.3 Å². The molecule has 0 aliphatic carbocycles. The van der Waals surface area contributed by atoms with Gasteiger partial charge in [0.15, 0.2) is 0 Å². The van der Waals surface area contributed by atoms with Crippen molar-refractivity contribution < 1.29 is 18.3 Å². The zero-order valence-corrected chi connectivity index (χ0v) is 13.5. The molecule has 2 aromatic rings. The standard InChI is InChI=1S/C13H13BrN2O4S/c1-16-6-2-3-10(16)8-15-21(19,20)12-7-9(13(17)18)4-5-11(12)14/h2-7,15H,8H2,1H3,(H,17,18). The van der Waals surface area contributed by atoms with Crippen LogP contribution in [-0.2, 0) is 23.6 Å². The Labute approximate surface area is 130 Å². The predicted molar refractivity (Wildman–Crippen MR) is 80.5 cm³/mol. The summed E-state index contributed by atoms with van der Waals surface area (Å²) in [6.07, 6.45) is 1.81. The number of benzene rings is 1. The molecular formula is C13H13BrN2O4S. The zero-order chi connectivity index (χ0) is 15.6. The second-order valence-corrected chi connectivity index (χ2v) is 6.98. The Bertz CT molecular complexity index is 783. The number of carboxylic acids is 1. The van der Waals surface area contributed by atoms with E-state index in [2.05, 4.69) is 20.7 Å². The molecule has 2 N–H and O–H groups in total. The molecule has 21 heavy (non-hydrogen) atoms. The maximum atomic E-state index is 12.3. The van der Waals surface area contributed by atoms with Gasteiger partial charge in [-0.2, -0.15) is 0 Å². The van der Waals surface area contributed by atoms with Crippen molar-refractivity contribution >= 4 is 31.9 Å². The van der Waals surface area contributed by atoms with Crippen molar-refractivity contribution in [3.8, 4) is 0 Å². The third kappa shape index (κ3) is 3.52. The summed E-state index contributed by atoms with van der Waals surface area (Å²) in [6, 6.07) is 7.47. The summed E-state index contributed by atoms with van der Waals surface area (Å²) in [6.45, 7) is 0.121. The van der Waals surface area contributed by atoms with Crippen LogP contribution < -0.4 is 4.72 Å². The van der Waals surface area contributed by atoms with E-state index >= 15 is 0 Å². The molecule has 1 aromatic heterocycles. The Morgan fingerprint density at radius 3 is 2.67 bits per heavy atom. The Balaban J connectivity index is 2.29. The van der Waals surface area contributed by atoms with Crippen LogP contribution in [0.25, 0.3) is 0 Å². The number of aromatic nitrogens is 1. The highest BCUT2D eigenvalue weighted by atomic mass is 79.9. The zero-order valence-electron chi connectivity index (χ0n) is 11.1. The van der Waals surface area contributed by atoms with E-state index in [1.807, 2.05) is 19.3 Å². The number of hydrogen-bond acceptors (Lipinski definition) is 3. The van der Waals surface area contributed by atoms with E-state index in [9.17, 15) is 13.2 Å². The number of carbonyl (C=O) groups is 1. The van der Waals surface area contributed by atoms with Crippen molar-refractivity contribution in [2.45, 2.75) is 11.4 Å². The van der Waals surface area contributed by atoms with Gasteiger partial charge in [-0.3, -0.25) is 0 Å². The summed E-state index contributed by atoms with van der Waals surface area (Å²) in [5.74, 6) is -1.18. The average molecular weight is 373 g/mol. The highest BCUT2D eigenvalue weighted by Gasteiger charge is 2.19. The fraction of sp³-hybridized carbons (Fsp3) is 0.154. The molecule has 0 saturated heterocycles. The van der Waals surface area contributed by atoms with Crippen LogP contribution in [0.2, 0.25) is 0 Å². The highest BCUT2D eigenvalue weighted by Crippen LogP contribution is 2.23. The lowest BCUT2D eigenvalue weighted by molar-refractivity contribution is 0.0696. The van der Waals surface area contributed by atoms with E-state index in [-0.39, 0.29) is 17.0 Å². The molecule has 1 aromatic carbocycles. The van der Waals surface area contributed by atoms with E-state index in [1.54, 1.807) is 10.6 Å². The van der Waals surface area contributed by atoms with Crippen LogP contribution >= 0.6 is 15.9 Å². The summed E-state index contributed by atoms with van der Waals surface area (Å²) >= 11 is 3.13. The number of halogens is 1. The van der Waals surface area contributed by atoms with Gasteiger partial charge < -0.3 is 9.67 Å². The van der Waals surface area contributed by atoms with Crippen LogP contribution in [0.5, 0.6) is 0 Å². The predicted octanol–water partition coefficient (Wildman–Crippen LogP) is 1.96. The number of carboxylic acid groups (broad SMARTS) is 1. The molecule has 0 radical (unpaired) electrons. The third-order valence-electron chi connectivity index (χ3n) is 2.96. The van der Waals surface area contributed by atoms with Crippen LogP contribution in [-0.4, -0.2) is 24.1 Å². The van der Waals surface area contributed by atoms with Crippen LogP contribution in [0.15, 0.2) is 45.9 Å². The summed E-state index contributed by atoms with van der Waals surface area (Å²) < 4.78 is 29.1. The molecule has 8 heteroatoms. The molecule has 0 aliphatic heterocycles. The van der Waals surface area contributed by atoms with Crippen LogP contribution in [0.1, 0.15) is 16.1 Å². The average Bonchev–Trinajstić information content (AvgIpc) is 2.82. The van der Waals surface area contributed by atoms with Crippen molar-refractivity contribution in [2.75, 3.05) is 0 Å². The molecule has 0 spiro atoms. The van der Waals surface area contributed by atoms with Crippen molar-refractivity contribution in [1.82, 2.24) is 9.29 Å². The third-order valence-corrected chi connectivity index (χ3v) is 5.36. The smallest absolute Gasteiger partial charge is 0.335 e. The van der Waals surface area contributed by atoms with Gasteiger partial charge >= 0.3 is 5.97 Å². The number of rotatable bonds is 5. The number of aromatic carboxylic acids is 1. The molecule has 0 saturated carbocycles. The number of sulfonamides is 1. The Kier molecular flexibility index (Phi) is 4.50. The number of nitrogens with zero attached hydrogens (tertiary/aromatic N) is 1. The molecule has 6 nitrogen and oxygen atoms in total. The van der Waals surface area contributed by atoms with E-state index < -0.39 is 16.0 Å². The lowest BCUT2D eigenvalue weighted by Gasteiger charge is -2.10. The lowest BCUT2D eigenvalue weighted by Crippen LogP contribution is -2.24. The second-order valence-electron chi connectivity index (χ2n) is 4.39. The van der Waals surface area contributed by atoms with Crippen molar-refractivity contribution in [1.29, 1.82) is 0 Å². The molecule has 0 aliphatic rings. The maximum Gasteiger partial charge on any atom is 0.335 e. The monoisotopic (exact) mass is 372 g/mol. The van der Waals surface area contributed by atoms with E-state index in [0.717, 1.165) is 11.8 Å². The Morgan fingerprint density at radius 1 is 1.38 bits per heavy atom. The van der Waals surface area contributed by atoms with Crippen molar-refractivity contribution in [3.05, 3.63) is 52.3 Å². The van der Waals surface area contributed by atoms with Gasteiger partial charge in [0.25, 0.3) is 0 Å². The van der Waals surface area contributed by atoms with Gasteiger partial charge in [-0.15, -0.1) is 0 Å². The molecule has 0 atom stereocenters. The molecule has 2 rings (SSSR count). The minimum Gasteiger partial charge on any atom is -0.478 e. The summed E-state index contributed by atoms with van der Waals surface area (Å²) in [7, 11) is -2.00. The Hall–Kier alpha value is -1.64.